The first-order chi connectivity index (χ1) is 11.9. The molecule has 0 atom stereocenters. The minimum absolute atomic E-state index is 0. The van der Waals surface area contributed by atoms with Crippen LogP contribution in [0.5, 0.6) is 0 Å². The second kappa shape index (κ2) is 15.3. The van der Waals surface area contributed by atoms with E-state index in [0.717, 1.165) is 32.1 Å². The van der Waals surface area contributed by atoms with Crippen molar-refractivity contribution in [2.75, 3.05) is 13.2 Å². The normalized spacial score (nSPS) is 17.6. The van der Waals surface area contributed by atoms with Crippen LogP contribution in [0.15, 0.2) is 0 Å². The number of hydrogen-bond acceptors (Lipinski definition) is 4. The average Bonchev–Trinajstić information content (AvgIpc) is 2.54. The van der Waals surface area contributed by atoms with Crippen LogP contribution in [0, 0.1) is 11.8 Å². The number of aliphatic hydroxyl groups is 1. The van der Waals surface area contributed by atoms with Gasteiger partial charge in [-0.05, 0) is 32.1 Å². The number of ether oxygens (including phenoxy) is 1. The van der Waals surface area contributed by atoms with Gasteiger partial charge in [-0.1, -0.05) is 46.5 Å². The largest absolute Gasteiger partial charge is 0.396 e. The van der Waals surface area contributed by atoms with E-state index < -0.39 is 0 Å². The Morgan fingerprint density at radius 1 is 1.12 bits per heavy atom. The van der Waals surface area contributed by atoms with Gasteiger partial charge < -0.3 is 15.6 Å². The summed E-state index contributed by atoms with van der Waals surface area (Å²) in [6.07, 6.45) is 11.3. The Hall–Kier alpha value is -0.940. The smallest absolute Gasteiger partial charge is 0.219 e. The van der Waals surface area contributed by atoms with Gasteiger partial charge >= 0.3 is 0 Å². The number of carbonyl (C=O) groups excluding carboxylic acids is 2. The summed E-state index contributed by atoms with van der Waals surface area (Å²) in [7, 11) is 0. The Balaban J connectivity index is 0. The van der Waals surface area contributed by atoms with Crippen LogP contribution in [0.4, 0.5) is 0 Å². The van der Waals surface area contributed by atoms with E-state index in [4.69, 9.17) is 15.6 Å². The summed E-state index contributed by atoms with van der Waals surface area (Å²) in [6, 6.07) is 0. The number of Topliss-reactive ketones (excluding diaryl/α,β-unsaturated/α-hetero) is 1. The minimum atomic E-state index is -0.272. The number of aliphatic hydroxyl groups excluding tert-OH is 1. The van der Waals surface area contributed by atoms with E-state index in [1.807, 2.05) is 20.8 Å². The molecule has 0 aromatic rings. The fourth-order valence-electron chi connectivity index (χ4n) is 2.72. The molecule has 0 heterocycles. The maximum Gasteiger partial charge on any atom is 0.219 e. The highest BCUT2D eigenvalue weighted by atomic mass is 16.5. The molecular weight excluding hydrogens is 318 g/mol. The topological polar surface area (TPSA) is 89.6 Å². The Morgan fingerprint density at radius 2 is 1.68 bits per heavy atom. The molecule has 0 saturated heterocycles. The van der Waals surface area contributed by atoms with Crippen LogP contribution in [0.1, 0.15) is 86.4 Å². The second-order valence-corrected chi connectivity index (χ2v) is 7.26. The van der Waals surface area contributed by atoms with Gasteiger partial charge in [0.1, 0.15) is 5.78 Å². The molecule has 0 unspecified atom stereocenters. The zero-order valence-corrected chi connectivity index (χ0v) is 16.5. The van der Waals surface area contributed by atoms with Crippen LogP contribution < -0.4 is 5.73 Å². The van der Waals surface area contributed by atoms with Crippen LogP contribution in [0.3, 0.4) is 0 Å². The molecule has 150 valence electrons. The maximum absolute atomic E-state index is 11.1. The molecule has 5 nitrogen and oxygen atoms in total. The van der Waals surface area contributed by atoms with E-state index in [0.29, 0.717) is 37.4 Å². The Labute approximate surface area is 155 Å². The fourth-order valence-corrected chi connectivity index (χ4v) is 2.72. The van der Waals surface area contributed by atoms with Gasteiger partial charge in [0.25, 0.3) is 0 Å². The summed E-state index contributed by atoms with van der Waals surface area (Å²) >= 11 is 0. The molecule has 0 aromatic carbocycles. The van der Waals surface area contributed by atoms with E-state index in [9.17, 15) is 9.59 Å². The van der Waals surface area contributed by atoms with Gasteiger partial charge in [0, 0.05) is 26.3 Å². The molecule has 0 bridgehead atoms. The van der Waals surface area contributed by atoms with Crippen LogP contribution in [0.25, 0.3) is 0 Å². The molecule has 0 aliphatic heterocycles. The zero-order valence-electron chi connectivity index (χ0n) is 16.5. The van der Waals surface area contributed by atoms with Gasteiger partial charge in [0.05, 0.1) is 12.7 Å². The number of rotatable bonds is 7. The third kappa shape index (κ3) is 13.0. The van der Waals surface area contributed by atoms with Crippen molar-refractivity contribution in [1.82, 2.24) is 0 Å². The minimum Gasteiger partial charge on any atom is -0.396 e. The molecule has 2 fully saturated rings. The van der Waals surface area contributed by atoms with Crippen molar-refractivity contribution in [2.45, 2.75) is 91.1 Å². The highest BCUT2D eigenvalue weighted by Crippen LogP contribution is 2.29. The van der Waals surface area contributed by atoms with Crippen molar-refractivity contribution in [3.63, 3.8) is 0 Å². The molecule has 25 heavy (non-hydrogen) atoms. The lowest BCUT2D eigenvalue weighted by Gasteiger charge is -2.25. The molecule has 2 rings (SSSR count). The summed E-state index contributed by atoms with van der Waals surface area (Å²) in [5.74, 6) is 0.896. The van der Waals surface area contributed by atoms with Crippen LogP contribution in [-0.4, -0.2) is 36.1 Å². The van der Waals surface area contributed by atoms with Crippen LogP contribution in [0.2, 0.25) is 0 Å². The van der Waals surface area contributed by atoms with Crippen molar-refractivity contribution in [3.8, 4) is 0 Å². The molecule has 2 aliphatic carbocycles. The van der Waals surface area contributed by atoms with Gasteiger partial charge in [-0.2, -0.15) is 0 Å². The third-order valence-electron chi connectivity index (χ3n) is 4.55. The van der Waals surface area contributed by atoms with Crippen LogP contribution >= 0.6 is 0 Å². The van der Waals surface area contributed by atoms with Gasteiger partial charge in [-0.3, -0.25) is 9.59 Å². The van der Waals surface area contributed by atoms with E-state index >= 15 is 0 Å². The van der Waals surface area contributed by atoms with Gasteiger partial charge in [0.2, 0.25) is 5.91 Å². The Morgan fingerprint density at radius 3 is 2.00 bits per heavy atom. The number of carbonyl (C=O) groups is 2. The summed E-state index contributed by atoms with van der Waals surface area (Å²) in [6.45, 7) is 6.72. The number of amides is 1. The first kappa shape index (κ1) is 24.1. The molecule has 5 heteroatoms. The zero-order chi connectivity index (χ0) is 19.1. The van der Waals surface area contributed by atoms with Gasteiger partial charge in [-0.25, -0.2) is 0 Å². The maximum atomic E-state index is 11.1. The molecular formula is C20H41NO4. The number of primary amides is 1. The predicted molar refractivity (Wildman–Crippen MR) is 103 cm³/mol. The summed E-state index contributed by atoms with van der Waals surface area (Å²) in [5, 5.41) is 7.88. The highest BCUT2D eigenvalue weighted by Gasteiger charge is 2.26. The third-order valence-corrected chi connectivity index (χ3v) is 4.55. The standard InChI is InChI=1S/C9H17NO2.C8H14O.C3H8O.H2/c10-9(11)6-7-12-8-4-2-1-3-5-8;1-6(2)8(9)7-4-3-5-7;1-2-3-4;/h8H,1-7H2,(H2,10,11);6-7H,3-5H2,1-2H3;4H,2-3H2,1H3;1H. The summed E-state index contributed by atoms with van der Waals surface area (Å²) < 4.78 is 5.49. The van der Waals surface area contributed by atoms with E-state index in [1.54, 1.807) is 0 Å². The SMILES string of the molecule is CC(C)C(=O)C1CCC1.CCCO.NC(=O)CCOC1CCCCC1.[HH]. The summed E-state index contributed by atoms with van der Waals surface area (Å²) in [4.78, 5) is 21.5. The first-order valence-corrected chi connectivity index (χ1v) is 9.96. The first-order valence-electron chi connectivity index (χ1n) is 9.96. The van der Waals surface area contributed by atoms with Crippen LogP contribution in [-0.2, 0) is 14.3 Å². The predicted octanol–water partition coefficient (Wildman–Crippen LogP) is 3.86. The lowest BCUT2D eigenvalue weighted by molar-refractivity contribution is -0.128. The molecule has 0 spiro atoms. The quantitative estimate of drug-likeness (QED) is 0.722. The van der Waals surface area contributed by atoms with E-state index in [1.165, 1.54) is 25.7 Å². The second-order valence-electron chi connectivity index (χ2n) is 7.26. The molecule has 2 aliphatic rings. The molecule has 0 radical (unpaired) electrons. The number of nitrogens with two attached hydrogens (primary N) is 1. The number of hydrogen-bond donors (Lipinski definition) is 2. The van der Waals surface area contributed by atoms with Gasteiger partial charge in [0.15, 0.2) is 0 Å². The molecule has 0 aromatic heterocycles. The summed E-state index contributed by atoms with van der Waals surface area (Å²) in [5.41, 5.74) is 4.99. The molecule has 1 amide bonds. The Kier molecular flexibility index (Phi) is 14.7. The lowest BCUT2D eigenvalue weighted by Crippen LogP contribution is -2.25. The van der Waals surface area contributed by atoms with Crippen molar-refractivity contribution in [3.05, 3.63) is 0 Å². The average molecular weight is 360 g/mol. The Bertz CT molecular complexity index is 352. The highest BCUT2D eigenvalue weighted by molar-refractivity contribution is 5.83. The van der Waals surface area contributed by atoms with E-state index in [2.05, 4.69) is 0 Å². The molecule has 3 N–H and O–H groups in total. The van der Waals surface area contributed by atoms with E-state index in [-0.39, 0.29) is 13.3 Å². The van der Waals surface area contributed by atoms with Crippen molar-refractivity contribution >= 4 is 11.7 Å². The fraction of sp³-hybridized carbons (Fsp3) is 0.900. The molecule has 2 saturated carbocycles. The van der Waals surface area contributed by atoms with Crippen molar-refractivity contribution in [1.29, 1.82) is 0 Å². The monoisotopic (exact) mass is 359 g/mol. The van der Waals surface area contributed by atoms with Crippen molar-refractivity contribution in [2.24, 2.45) is 17.6 Å². The van der Waals surface area contributed by atoms with Crippen molar-refractivity contribution < 1.29 is 20.9 Å². The van der Waals surface area contributed by atoms with Gasteiger partial charge in [-0.15, -0.1) is 0 Å². The number of ketones is 1. The lowest BCUT2D eigenvalue weighted by atomic mass is 9.79.